The normalized spacial score (nSPS) is 43.5. The Hall–Kier alpha value is -1.09. The van der Waals surface area contributed by atoms with Gasteiger partial charge in [0.05, 0.1) is 0 Å². The number of ether oxygens (including phenoxy) is 1. The summed E-state index contributed by atoms with van der Waals surface area (Å²) in [6.07, 6.45) is 1.32. The number of allylic oxidation sites excluding steroid dienone is 1. The standard InChI is InChI=1S/C14H15ClO3/c1-6-3-11(15)12-7(2)14(17)18-13(12)10-5-8(16)4-9(6)10/h9-13H,1-5H2/t9-,10-,11+,12+,13+/m0/s1. The molecule has 3 fully saturated rings. The molecule has 1 saturated heterocycles. The van der Waals surface area contributed by atoms with Gasteiger partial charge in [0.15, 0.2) is 0 Å². The predicted octanol–water partition coefficient (Wildman–Crippen LogP) is 2.25. The summed E-state index contributed by atoms with van der Waals surface area (Å²) in [6, 6.07) is 0. The second kappa shape index (κ2) is 3.95. The lowest BCUT2D eigenvalue weighted by Gasteiger charge is -2.24. The molecule has 5 atom stereocenters. The molecule has 0 aromatic rings. The van der Waals surface area contributed by atoms with Gasteiger partial charge < -0.3 is 4.74 Å². The Labute approximate surface area is 111 Å². The molecule has 3 nitrogen and oxygen atoms in total. The van der Waals surface area contributed by atoms with Crippen LogP contribution >= 0.6 is 11.6 Å². The van der Waals surface area contributed by atoms with Gasteiger partial charge in [0.2, 0.25) is 0 Å². The van der Waals surface area contributed by atoms with Crippen LogP contribution in [-0.2, 0) is 14.3 Å². The van der Waals surface area contributed by atoms with Crippen molar-refractivity contribution in [3.8, 4) is 0 Å². The number of halogens is 1. The van der Waals surface area contributed by atoms with Crippen molar-refractivity contribution in [2.24, 2.45) is 17.8 Å². The number of carbonyl (C=O) groups excluding carboxylic acids is 2. The molecule has 0 N–H and O–H groups in total. The molecular formula is C14H15ClO3. The Morgan fingerprint density at radius 1 is 1.17 bits per heavy atom. The number of hydrogen-bond donors (Lipinski definition) is 0. The lowest BCUT2D eigenvalue weighted by Crippen LogP contribution is -2.31. The number of rotatable bonds is 0. The van der Waals surface area contributed by atoms with Crippen LogP contribution in [0.5, 0.6) is 0 Å². The SMILES string of the molecule is C=C1C(=O)O[C@@H]2[C@H]3CC(=O)C[C@H]3C(=C)C[C@@H](Cl)[C@@H]12. The molecule has 3 aliphatic rings. The Balaban J connectivity index is 2.01. The first-order chi connectivity index (χ1) is 8.49. The van der Waals surface area contributed by atoms with Gasteiger partial charge in [-0.25, -0.2) is 4.79 Å². The van der Waals surface area contributed by atoms with Crippen LogP contribution in [-0.4, -0.2) is 23.2 Å². The monoisotopic (exact) mass is 266 g/mol. The van der Waals surface area contributed by atoms with Crippen LogP contribution in [0.4, 0.5) is 0 Å². The Kier molecular flexibility index (Phi) is 2.63. The van der Waals surface area contributed by atoms with E-state index >= 15 is 0 Å². The van der Waals surface area contributed by atoms with Crippen LogP contribution < -0.4 is 0 Å². The van der Waals surface area contributed by atoms with Gasteiger partial charge in [0.1, 0.15) is 11.9 Å². The largest absolute Gasteiger partial charge is 0.458 e. The molecule has 0 unspecified atom stereocenters. The first-order valence-electron chi connectivity index (χ1n) is 6.22. The van der Waals surface area contributed by atoms with E-state index in [1.165, 1.54) is 0 Å². The van der Waals surface area contributed by atoms with Crippen LogP contribution in [0.1, 0.15) is 19.3 Å². The van der Waals surface area contributed by atoms with Crippen molar-refractivity contribution < 1.29 is 14.3 Å². The number of fused-ring (bicyclic) bond motifs is 3. The van der Waals surface area contributed by atoms with Crippen LogP contribution in [0, 0.1) is 17.8 Å². The van der Waals surface area contributed by atoms with E-state index in [1.807, 2.05) is 0 Å². The molecule has 0 spiro atoms. The van der Waals surface area contributed by atoms with Crippen LogP contribution in [0.3, 0.4) is 0 Å². The molecule has 3 rings (SSSR count). The number of esters is 1. The third-order valence-electron chi connectivity index (χ3n) is 4.48. The zero-order chi connectivity index (χ0) is 13.0. The van der Waals surface area contributed by atoms with E-state index in [1.54, 1.807) is 0 Å². The highest BCUT2D eigenvalue weighted by Crippen LogP contribution is 2.50. The van der Waals surface area contributed by atoms with Crippen LogP contribution in [0.2, 0.25) is 0 Å². The van der Waals surface area contributed by atoms with Crippen molar-refractivity contribution in [2.75, 3.05) is 0 Å². The van der Waals surface area contributed by atoms with E-state index in [0.717, 1.165) is 5.57 Å². The lowest BCUT2D eigenvalue weighted by molar-refractivity contribution is -0.142. The molecule has 2 aliphatic carbocycles. The molecule has 1 aliphatic heterocycles. The molecule has 4 heteroatoms. The van der Waals surface area contributed by atoms with Crippen molar-refractivity contribution in [1.82, 2.24) is 0 Å². The fourth-order valence-electron chi connectivity index (χ4n) is 3.59. The maximum Gasteiger partial charge on any atom is 0.334 e. The second-order valence-corrected chi connectivity index (χ2v) is 6.08. The summed E-state index contributed by atoms with van der Waals surface area (Å²) in [4.78, 5) is 23.3. The Bertz CT molecular complexity index is 468. The summed E-state index contributed by atoms with van der Waals surface area (Å²) in [7, 11) is 0. The van der Waals surface area contributed by atoms with Crippen molar-refractivity contribution in [2.45, 2.75) is 30.7 Å². The summed E-state index contributed by atoms with van der Waals surface area (Å²) >= 11 is 6.39. The molecule has 0 amide bonds. The number of hydrogen-bond acceptors (Lipinski definition) is 3. The molecular weight excluding hydrogens is 252 g/mol. The molecule has 0 radical (unpaired) electrons. The van der Waals surface area contributed by atoms with E-state index in [-0.39, 0.29) is 41.0 Å². The minimum atomic E-state index is -0.360. The lowest BCUT2D eigenvalue weighted by atomic mass is 9.83. The average molecular weight is 267 g/mol. The minimum absolute atomic E-state index is 0.0435. The average Bonchev–Trinajstić information content (AvgIpc) is 2.78. The second-order valence-electron chi connectivity index (χ2n) is 5.52. The summed E-state index contributed by atoms with van der Waals surface area (Å²) < 4.78 is 5.42. The molecule has 0 bridgehead atoms. The quantitative estimate of drug-likeness (QED) is 0.292. The fraction of sp³-hybridized carbons (Fsp3) is 0.571. The fourth-order valence-corrected chi connectivity index (χ4v) is 4.08. The Morgan fingerprint density at radius 2 is 1.89 bits per heavy atom. The van der Waals surface area contributed by atoms with Gasteiger partial charge in [-0.1, -0.05) is 18.7 Å². The third kappa shape index (κ3) is 1.57. The maximum atomic E-state index is 11.7. The molecule has 96 valence electrons. The summed E-state index contributed by atoms with van der Waals surface area (Å²) in [5, 5.41) is -0.206. The van der Waals surface area contributed by atoms with E-state index in [2.05, 4.69) is 13.2 Å². The van der Waals surface area contributed by atoms with Gasteiger partial charge in [0.25, 0.3) is 0 Å². The predicted molar refractivity (Wildman–Crippen MR) is 67.1 cm³/mol. The van der Waals surface area contributed by atoms with E-state index < -0.39 is 0 Å². The third-order valence-corrected chi connectivity index (χ3v) is 4.91. The van der Waals surface area contributed by atoms with E-state index in [9.17, 15) is 9.59 Å². The van der Waals surface area contributed by atoms with Gasteiger partial charge >= 0.3 is 5.97 Å². The smallest absolute Gasteiger partial charge is 0.334 e. The van der Waals surface area contributed by atoms with Gasteiger partial charge in [-0.3, -0.25) is 4.79 Å². The maximum absolute atomic E-state index is 11.7. The van der Waals surface area contributed by atoms with E-state index in [0.29, 0.717) is 24.8 Å². The number of alkyl halides is 1. The molecule has 18 heavy (non-hydrogen) atoms. The highest BCUT2D eigenvalue weighted by molar-refractivity contribution is 6.21. The molecule has 1 heterocycles. The number of ketones is 1. The van der Waals surface area contributed by atoms with Crippen molar-refractivity contribution >= 4 is 23.4 Å². The molecule has 2 saturated carbocycles. The van der Waals surface area contributed by atoms with Crippen molar-refractivity contribution in [1.29, 1.82) is 0 Å². The summed E-state index contributed by atoms with van der Waals surface area (Å²) in [5.41, 5.74) is 1.47. The zero-order valence-corrected chi connectivity index (χ0v) is 10.8. The van der Waals surface area contributed by atoms with E-state index in [4.69, 9.17) is 16.3 Å². The first-order valence-corrected chi connectivity index (χ1v) is 6.66. The summed E-state index contributed by atoms with van der Waals surface area (Å²) in [6.45, 7) is 7.86. The number of carbonyl (C=O) groups is 2. The van der Waals surface area contributed by atoms with Crippen LogP contribution in [0.15, 0.2) is 24.3 Å². The van der Waals surface area contributed by atoms with Gasteiger partial charge in [-0.05, 0) is 12.3 Å². The molecule has 0 aromatic heterocycles. The van der Waals surface area contributed by atoms with Crippen molar-refractivity contribution in [3.05, 3.63) is 24.3 Å². The van der Waals surface area contributed by atoms with Gasteiger partial charge in [0, 0.05) is 35.6 Å². The zero-order valence-electron chi connectivity index (χ0n) is 10.0. The van der Waals surface area contributed by atoms with Gasteiger partial charge in [-0.15, -0.1) is 11.6 Å². The minimum Gasteiger partial charge on any atom is -0.458 e. The highest BCUT2D eigenvalue weighted by atomic mass is 35.5. The topological polar surface area (TPSA) is 43.4 Å². The van der Waals surface area contributed by atoms with Gasteiger partial charge in [-0.2, -0.15) is 0 Å². The Morgan fingerprint density at radius 3 is 2.61 bits per heavy atom. The van der Waals surface area contributed by atoms with Crippen LogP contribution in [0.25, 0.3) is 0 Å². The summed E-state index contributed by atoms with van der Waals surface area (Å²) in [5.74, 6) is -0.140. The highest BCUT2D eigenvalue weighted by Gasteiger charge is 2.53. The molecule has 0 aromatic carbocycles. The first kappa shape index (κ1) is 12.0. The number of Topliss-reactive ketones (excluding diaryl/α,β-unsaturated/α-hetero) is 1. The van der Waals surface area contributed by atoms with Crippen molar-refractivity contribution in [3.63, 3.8) is 0 Å².